The third kappa shape index (κ3) is 9.22. The first-order valence-electron chi connectivity index (χ1n) is 17.1. The fraction of sp³-hybridized carbons (Fsp3) is 0.857. The van der Waals surface area contributed by atoms with Crippen molar-refractivity contribution in [3.63, 3.8) is 0 Å². The maximum Gasteiger partial charge on any atom is 0.374 e. The lowest BCUT2D eigenvalue weighted by Crippen LogP contribution is -2.21. The van der Waals surface area contributed by atoms with Gasteiger partial charge in [0.2, 0.25) is 5.76 Å². The highest BCUT2D eigenvalue weighted by Gasteiger charge is 2.45. The number of carbonyl (C=O) groups is 1. The van der Waals surface area contributed by atoms with E-state index in [1.165, 1.54) is 76.2 Å². The highest BCUT2D eigenvalue weighted by molar-refractivity contribution is 5.84. The van der Waals surface area contributed by atoms with Gasteiger partial charge in [-0.2, -0.15) is 0 Å². The molecular weight excluding hydrogens is 532 g/mol. The first-order chi connectivity index (χ1) is 20.3. The summed E-state index contributed by atoms with van der Waals surface area (Å²) in [7, 11) is 0. The van der Waals surface area contributed by atoms with Crippen LogP contribution in [-0.2, 0) is 28.5 Å². The van der Waals surface area contributed by atoms with E-state index >= 15 is 0 Å². The largest absolute Gasteiger partial charge is 0.475 e. The summed E-state index contributed by atoms with van der Waals surface area (Å²) in [5.41, 5.74) is 1.79. The molecule has 6 atom stereocenters. The highest BCUT2D eigenvalue weighted by atomic mass is 16.7. The molecule has 2 aliphatic carbocycles. The molecule has 3 aliphatic heterocycles. The van der Waals surface area contributed by atoms with Crippen molar-refractivity contribution < 1.29 is 33.6 Å². The first kappa shape index (κ1) is 31.8. The smallest absolute Gasteiger partial charge is 0.374 e. The topological polar surface area (TPSA) is 86.8 Å². The molecule has 2 saturated carbocycles. The summed E-state index contributed by atoms with van der Waals surface area (Å²) < 4.78 is 29.3. The zero-order chi connectivity index (χ0) is 29.5. The molecule has 3 unspecified atom stereocenters. The quantitative estimate of drug-likeness (QED) is 0.0840. The summed E-state index contributed by atoms with van der Waals surface area (Å²) in [6, 6.07) is 0. The summed E-state index contributed by atoms with van der Waals surface area (Å²) in [5.74, 6) is 1.14. The van der Waals surface area contributed by atoms with Gasteiger partial charge in [-0.05, 0) is 81.0 Å². The lowest BCUT2D eigenvalue weighted by atomic mass is 9.76. The molecule has 1 N–H and O–H groups in total. The van der Waals surface area contributed by atoms with Gasteiger partial charge in [0.15, 0.2) is 18.3 Å². The van der Waals surface area contributed by atoms with E-state index in [4.69, 9.17) is 23.7 Å². The van der Waals surface area contributed by atoms with E-state index in [9.17, 15) is 9.90 Å². The van der Waals surface area contributed by atoms with Crippen molar-refractivity contribution in [1.82, 2.24) is 0 Å². The van der Waals surface area contributed by atoms with Crippen LogP contribution in [0.5, 0.6) is 0 Å². The zero-order valence-corrected chi connectivity index (χ0v) is 26.3. The summed E-state index contributed by atoms with van der Waals surface area (Å²) in [6.07, 6.45) is 19.7. The number of carboxylic acid groups (broad SMARTS) is 1. The average molecular weight is 589 g/mol. The molecule has 5 rings (SSSR count). The van der Waals surface area contributed by atoms with Crippen LogP contribution in [0.15, 0.2) is 23.7 Å². The van der Waals surface area contributed by atoms with E-state index in [0.717, 1.165) is 38.0 Å². The van der Waals surface area contributed by atoms with Gasteiger partial charge in [-0.1, -0.05) is 64.5 Å². The van der Waals surface area contributed by atoms with Gasteiger partial charge in [0.1, 0.15) is 0 Å². The molecule has 0 aromatic carbocycles. The Morgan fingerprint density at radius 3 is 2.29 bits per heavy atom. The minimum Gasteiger partial charge on any atom is -0.475 e. The highest BCUT2D eigenvalue weighted by Crippen LogP contribution is 2.46. The molecular formula is C35H56O7. The number of hydrogen-bond acceptors (Lipinski definition) is 6. The number of aliphatic carboxylic acids is 1. The van der Waals surface area contributed by atoms with Crippen molar-refractivity contribution in [3.05, 3.63) is 23.7 Å². The maximum atomic E-state index is 12.2. The van der Waals surface area contributed by atoms with Crippen LogP contribution in [0.2, 0.25) is 0 Å². The van der Waals surface area contributed by atoms with Crippen molar-refractivity contribution in [1.29, 1.82) is 0 Å². The van der Waals surface area contributed by atoms with Gasteiger partial charge < -0.3 is 28.8 Å². The number of rotatable bonds is 16. The van der Waals surface area contributed by atoms with Crippen LogP contribution >= 0.6 is 0 Å². The van der Waals surface area contributed by atoms with Gasteiger partial charge >= 0.3 is 5.97 Å². The van der Waals surface area contributed by atoms with E-state index in [0.29, 0.717) is 49.1 Å². The molecule has 5 aliphatic rings. The summed E-state index contributed by atoms with van der Waals surface area (Å²) in [4.78, 5) is 12.2. The second kappa shape index (κ2) is 14.9. The van der Waals surface area contributed by atoms with Crippen LogP contribution < -0.4 is 0 Å². The third-order valence-corrected chi connectivity index (χ3v) is 10.6. The monoisotopic (exact) mass is 588 g/mol. The van der Waals surface area contributed by atoms with Gasteiger partial charge in [0.05, 0.1) is 25.4 Å². The van der Waals surface area contributed by atoms with Crippen molar-refractivity contribution in [3.8, 4) is 0 Å². The molecule has 7 nitrogen and oxygen atoms in total. The lowest BCUT2D eigenvalue weighted by Gasteiger charge is -2.29. The molecule has 5 fully saturated rings. The second-order valence-corrected chi connectivity index (χ2v) is 14.5. The SMILES string of the molecule is C=C1CC[C@H](CCCC(C)(C)CCC2CCCCC2)[C@H]1C[C@H]1OC1CC(OC1CCCO1)=C(OC1CCCO1)C(=O)O. The van der Waals surface area contributed by atoms with Crippen molar-refractivity contribution in [2.45, 2.75) is 154 Å². The van der Waals surface area contributed by atoms with E-state index < -0.39 is 18.5 Å². The molecule has 3 heterocycles. The van der Waals surface area contributed by atoms with E-state index in [1.54, 1.807) is 0 Å². The number of carboxylic acids is 1. The molecule has 7 heteroatoms. The summed E-state index contributed by atoms with van der Waals surface area (Å²) >= 11 is 0. The molecule has 0 spiro atoms. The van der Waals surface area contributed by atoms with Crippen LogP contribution in [0.4, 0.5) is 0 Å². The molecule has 0 radical (unpaired) electrons. The van der Waals surface area contributed by atoms with E-state index in [-0.39, 0.29) is 18.0 Å². The van der Waals surface area contributed by atoms with Crippen LogP contribution in [0.3, 0.4) is 0 Å². The van der Waals surface area contributed by atoms with Crippen LogP contribution in [0.1, 0.15) is 129 Å². The molecule has 238 valence electrons. The fourth-order valence-electron chi connectivity index (χ4n) is 7.83. The predicted molar refractivity (Wildman–Crippen MR) is 161 cm³/mol. The fourth-order valence-corrected chi connectivity index (χ4v) is 7.83. The standard InChI is InChI=1S/C35H56O7/c1-24-15-16-26(12-7-18-35(2,3)19-17-25-10-5-4-6-11-25)27(24)22-28-29(40-28)23-30(41-31-13-8-20-38-31)33(34(36)37)42-32-14-9-21-39-32/h25-29,31-32H,1,4-23H2,2-3H3,(H,36,37)/t26-,27-,28+,29?,31?,32?/m0/s1. The molecule has 3 saturated heterocycles. The Morgan fingerprint density at radius 2 is 1.62 bits per heavy atom. The Hall–Kier alpha value is -1.57. The van der Waals surface area contributed by atoms with E-state index in [2.05, 4.69) is 20.4 Å². The lowest BCUT2D eigenvalue weighted by molar-refractivity contribution is -0.149. The second-order valence-electron chi connectivity index (χ2n) is 14.5. The molecule has 0 aromatic rings. The van der Waals surface area contributed by atoms with Crippen molar-refractivity contribution in [2.24, 2.45) is 23.2 Å². The van der Waals surface area contributed by atoms with Crippen LogP contribution in [0.25, 0.3) is 0 Å². The minimum absolute atomic E-state index is 0.0726. The van der Waals surface area contributed by atoms with Crippen molar-refractivity contribution in [2.75, 3.05) is 13.2 Å². The van der Waals surface area contributed by atoms with Crippen molar-refractivity contribution >= 4 is 5.97 Å². The maximum absolute atomic E-state index is 12.2. The Morgan fingerprint density at radius 1 is 0.905 bits per heavy atom. The Kier molecular flexibility index (Phi) is 11.3. The van der Waals surface area contributed by atoms with Gasteiger partial charge in [-0.25, -0.2) is 4.79 Å². The number of ether oxygens (including phenoxy) is 5. The first-order valence-corrected chi connectivity index (χ1v) is 17.1. The van der Waals surface area contributed by atoms with Gasteiger partial charge in [-0.15, -0.1) is 0 Å². The number of hydrogen-bond donors (Lipinski definition) is 1. The average Bonchev–Trinajstić information content (AvgIpc) is 3.36. The predicted octanol–water partition coefficient (Wildman–Crippen LogP) is 8.28. The number of allylic oxidation sites excluding steroid dienone is 1. The molecule has 0 amide bonds. The Labute approximate surface area is 253 Å². The summed E-state index contributed by atoms with van der Waals surface area (Å²) in [5, 5.41) is 10.0. The van der Waals surface area contributed by atoms with E-state index in [1.807, 2.05) is 0 Å². The molecule has 42 heavy (non-hydrogen) atoms. The van der Waals surface area contributed by atoms with Gasteiger partial charge in [0.25, 0.3) is 0 Å². The van der Waals surface area contributed by atoms with Crippen LogP contribution in [0, 0.1) is 23.2 Å². The zero-order valence-electron chi connectivity index (χ0n) is 26.3. The van der Waals surface area contributed by atoms with Gasteiger partial charge in [-0.3, -0.25) is 0 Å². The Bertz CT molecular complexity index is 924. The molecule has 0 aromatic heterocycles. The normalized spacial score (nSPS) is 32.7. The summed E-state index contributed by atoms with van der Waals surface area (Å²) in [6.45, 7) is 10.6. The Balaban J connectivity index is 1.11. The third-order valence-electron chi connectivity index (χ3n) is 10.6. The minimum atomic E-state index is -1.14. The number of epoxide rings is 1. The molecule has 0 bridgehead atoms. The van der Waals surface area contributed by atoms with Crippen LogP contribution in [-0.4, -0.2) is 49.1 Å². The van der Waals surface area contributed by atoms with Gasteiger partial charge in [0, 0.05) is 19.3 Å².